The van der Waals surface area contributed by atoms with E-state index in [-0.39, 0.29) is 21.7 Å². The van der Waals surface area contributed by atoms with E-state index in [0.29, 0.717) is 0 Å². The van der Waals surface area contributed by atoms with Crippen molar-refractivity contribution in [1.82, 2.24) is 0 Å². The Morgan fingerprint density at radius 3 is 1.00 bits per heavy atom. The maximum atomic E-state index is 13.6. The van der Waals surface area contributed by atoms with E-state index in [2.05, 4.69) is 124 Å². The normalized spacial score (nSPS) is 23.5. The Bertz CT molecular complexity index is 941. The van der Waals surface area contributed by atoms with Gasteiger partial charge in [0.2, 0.25) is 0 Å². The fourth-order valence-corrected chi connectivity index (χ4v) is 9.35. The van der Waals surface area contributed by atoms with Gasteiger partial charge in [-0.15, -0.1) is 0 Å². The van der Waals surface area contributed by atoms with E-state index in [1.807, 2.05) is 12.2 Å². The fourth-order valence-electron chi connectivity index (χ4n) is 8.83. The summed E-state index contributed by atoms with van der Waals surface area (Å²) in [6, 6.07) is 0. The Morgan fingerprint density at radius 2 is 0.818 bits per heavy atom. The van der Waals surface area contributed by atoms with Crippen molar-refractivity contribution in [3.8, 4) is 0 Å². The summed E-state index contributed by atoms with van der Waals surface area (Å²) in [6.07, 6.45) is 16.6. The molecule has 0 aliphatic heterocycles. The number of rotatable bonds is 8. The van der Waals surface area contributed by atoms with Gasteiger partial charge in [0.15, 0.2) is 0 Å². The van der Waals surface area contributed by atoms with Crippen LogP contribution in [0.3, 0.4) is 0 Å². The molecule has 0 spiro atoms. The standard InChI is InChI=1S/C33H56O4.H4O5P2/c1-26(2,3)31(27(4,5)6)19-15-13-17-24(31)33(37,30(21-34,22-35)23-36)25-18-14-16-20-32(25,28(7,8)9)29(10,11)12;1-6(2)5-7(3)4/h13-20,24-25,34-37H,21-23H2,1-12H3;1-4H. The molecule has 0 saturated carbocycles. The molecule has 2 aliphatic rings. The average Bonchev–Trinajstić information content (AvgIpc) is 2.86. The minimum absolute atomic E-state index is 0.308. The van der Waals surface area contributed by atoms with Gasteiger partial charge in [-0.1, -0.05) is 132 Å². The lowest BCUT2D eigenvalue weighted by Gasteiger charge is -2.69. The summed E-state index contributed by atoms with van der Waals surface area (Å²) in [5, 5.41) is 46.5. The van der Waals surface area contributed by atoms with E-state index < -0.39 is 70.7 Å². The minimum atomic E-state index is -2.61. The first kappa shape index (κ1) is 41.5. The van der Waals surface area contributed by atoms with Crippen LogP contribution in [0.25, 0.3) is 0 Å². The second kappa shape index (κ2) is 14.3. The molecule has 0 amide bonds. The smallest absolute Gasteiger partial charge is 0.334 e. The first-order valence-electron chi connectivity index (χ1n) is 15.0. The van der Waals surface area contributed by atoms with Crippen molar-refractivity contribution in [2.45, 2.75) is 88.7 Å². The fraction of sp³-hybridized carbons (Fsp3) is 0.758. The molecule has 256 valence electrons. The molecule has 0 bridgehead atoms. The van der Waals surface area contributed by atoms with Crippen LogP contribution in [0.1, 0.15) is 83.1 Å². The van der Waals surface area contributed by atoms with E-state index in [4.69, 9.17) is 19.6 Å². The van der Waals surface area contributed by atoms with Crippen LogP contribution in [0.5, 0.6) is 0 Å². The molecule has 2 rings (SSSR count). The van der Waals surface area contributed by atoms with Gasteiger partial charge in [-0.25, -0.2) is 4.31 Å². The highest BCUT2D eigenvalue weighted by atomic mass is 31.2. The molecular formula is C33H60O9P2. The van der Waals surface area contributed by atoms with Crippen LogP contribution in [-0.4, -0.2) is 65.4 Å². The lowest BCUT2D eigenvalue weighted by atomic mass is 9.37. The number of aliphatic hydroxyl groups is 4. The van der Waals surface area contributed by atoms with Gasteiger partial charge in [0, 0.05) is 22.7 Å². The molecule has 0 aromatic rings. The van der Waals surface area contributed by atoms with Crippen LogP contribution in [0, 0.1) is 49.7 Å². The van der Waals surface area contributed by atoms with Crippen molar-refractivity contribution in [2.24, 2.45) is 49.7 Å². The Balaban J connectivity index is 0.00000123. The molecule has 0 heterocycles. The monoisotopic (exact) mass is 662 g/mol. The summed E-state index contributed by atoms with van der Waals surface area (Å²) in [7, 11) is -5.22. The summed E-state index contributed by atoms with van der Waals surface area (Å²) in [5.41, 5.74) is -5.69. The summed E-state index contributed by atoms with van der Waals surface area (Å²) in [6.45, 7) is 24.7. The van der Waals surface area contributed by atoms with E-state index in [1.165, 1.54) is 0 Å². The zero-order chi connectivity index (χ0) is 34.8. The van der Waals surface area contributed by atoms with Crippen molar-refractivity contribution in [1.29, 1.82) is 0 Å². The van der Waals surface area contributed by atoms with Crippen molar-refractivity contribution >= 4 is 17.2 Å². The summed E-state index contributed by atoms with van der Waals surface area (Å²) in [5.74, 6) is -1.05. The van der Waals surface area contributed by atoms with Gasteiger partial charge in [0.1, 0.15) is 0 Å². The third-order valence-electron chi connectivity index (χ3n) is 10.3. The number of hydrogen-bond donors (Lipinski definition) is 8. The second-order valence-corrected chi connectivity index (χ2v) is 18.0. The van der Waals surface area contributed by atoms with Crippen molar-refractivity contribution in [3.63, 3.8) is 0 Å². The van der Waals surface area contributed by atoms with Gasteiger partial charge in [-0.2, -0.15) is 0 Å². The van der Waals surface area contributed by atoms with Crippen LogP contribution in [0.15, 0.2) is 48.6 Å². The van der Waals surface area contributed by atoms with Crippen LogP contribution in [-0.2, 0) is 4.31 Å². The summed E-state index contributed by atoms with van der Waals surface area (Å²) >= 11 is 0. The highest BCUT2D eigenvalue weighted by molar-refractivity contribution is 7.53. The van der Waals surface area contributed by atoms with Crippen LogP contribution in [0.2, 0.25) is 0 Å². The van der Waals surface area contributed by atoms with Crippen molar-refractivity contribution < 1.29 is 44.3 Å². The Kier molecular flexibility index (Phi) is 13.5. The third-order valence-corrected chi connectivity index (χ3v) is 11.5. The second-order valence-electron chi connectivity index (χ2n) is 16.3. The molecule has 0 saturated heterocycles. The number of aliphatic hydroxyl groups excluding tert-OH is 3. The van der Waals surface area contributed by atoms with Gasteiger partial charge in [0.25, 0.3) is 0 Å². The highest BCUT2D eigenvalue weighted by Gasteiger charge is 2.71. The molecule has 2 unspecified atom stereocenters. The molecule has 2 aliphatic carbocycles. The third kappa shape index (κ3) is 7.15. The highest BCUT2D eigenvalue weighted by Crippen LogP contribution is 2.70. The largest absolute Gasteiger partial charge is 0.395 e. The van der Waals surface area contributed by atoms with Crippen LogP contribution >= 0.6 is 17.2 Å². The van der Waals surface area contributed by atoms with Crippen LogP contribution in [0.4, 0.5) is 0 Å². The van der Waals surface area contributed by atoms with E-state index in [1.54, 1.807) is 0 Å². The Labute approximate surface area is 268 Å². The predicted molar refractivity (Wildman–Crippen MR) is 179 cm³/mol. The molecule has 0 aromatic heterocycles. The Morgan fingerprint density at radius 1 is 0.545 bits per heavy atom. The Hall–Kier alpha value is -0.540. The lowest BCUT2D eigenvalue weighted by molar-refractivity contribution is -0.260. The lowest BCUT2D eigenvalue weighted by Crippen LogP contribution is -2.73. The molecule has 0 aromatic carbocycles. The summed E-state index contributed by atoms with van der Waals surface area (Å²) in [4.78, 5) is 31.3. The summed E-state index contributed by atoms with van der Waals surface area (Å²) < 4.78 is 3.60. The maximum absolute atomic E-state index is 13.6. The quantitative estimate of drug-likeness (QED) is 0.151. The van der Waals surface area contributed by atoms with Crippen molar-refractivity contribution in [2.75, 3.05) is 19.8 Å². The van der Waals surface area contributed by atoms with Gasteiger partial charge in [-0.05, 0) is 21.7 Å². The molecule has 0 radical (unpaired) electrons. The van der Waals surface area contributed by atoms with Crippen LogP contribution < -0.4 is 0 Å². The van der Waals surface area contributed by atoms with Gasteiger partial charge >= 0.3 is 17.2 Å². The SMILES string of the molecule is CC(C)(C)C1(C(C)(C)C)C=CC=CC1C(O)(C1C=CC=CC1(C(C)(C)C)C(C)(C)C)C(CO)(CO)CO.OP(O)OP(O)O. The van der Waals surface area contributed by atoms with Gasteiger partial charge in [0.05, 0.1) is 30.8 Å². The van der Waals surface area contributed by atoms with Crippen molar-refractivity contribution in [3.05, 3.63) is 48.6 Å². The van der Waals surface area contributed by atoms with E-state index in [0.717, 1.165) is 0 Å². The first-order chi connectivity index (χ1) is 19.7. The predicted octanol–water partition coefficient (Wildman–Crippen LogP) is 5.75. The molecular weight excluding hydrogens is 602 g/mol. The first-order valence-corrected chi connectivity index (χ1v) is 17.4. The molecule has 0 fully saturated rings. The minimum Gasteiger partial charge on any atom is -0.395 e. The van der Waals surface area contributed by atoms with Gasteiger partial charge < -0.3 is 40.0 Å². The molecule has 11 heteroatoms. The van der Waals surface area contributed by atoms with E-state index >= 15 is 0 Å². The molecule has 9 nitrogen and oxygen atoms in total. The zero-order valence-corrected chi connectivity index (χ0v) is 30.6. The zero-order valence-electron chi connectivity index (χ0n) is 28.8. The maximum Gasteiger partial charge on any atom is 0.334 e. The number of allylic oxidation sites excluding steroid dienone is 6. The molecule has 2 atom stereocenters. The van der Waals surface area contributed by atoms with E-state index in [9.17, 15) is 20.4 Å². The molecule has 44 heavy (non-hydrogen) atoms. The number of hydrogen-bond acceptors (Lipinski definition) is 9. The topological polar surface area (TPSA) is 171 Å². The average molecular weight is 663 g/mol. The van der Waals surface area contributed by atoms with Gasteiger partial charge in [-0.3, -0.25) is 0 Å². The molecule has 8 N–H and O–H groups in total.